The van der Waals surface area contributed by atoms with Crippen LogP contribution >= 0.6 is 0 Å². The van der Waals surface area contributed by atoms with Gasteiger partial charge in [0.05, 0.1) is 0 Å². The monoisotopic (exact) mass is 165 g/mol. The van der Waals surface area contributed by atoms with Gasteiger partial charge in [0.2, 0.25) is 0 Å². The SMILES string of the molecule is CCc1[nH]ccc(=O)c1C(C)C. The summed E-state index contributed by atoms with van der Waals surface area (Å²) in [5.74, 6) is 0.310. The Hall–Kier alpha value is -1.05. The van der Waals surface area contributed by atoms with E-state index in [0.29, 0.717) is 5.92 Å². The number of H-pyrrole nitrogens is 1. The molecule has 1 N–H and O–H groups in total. The summed E-state index contributed by atoms with van der Waals surface area (Å²) in [5.41, 5.74) is 2.15. The molecule has 0 radical (unpaired) electrons. The van der Waals surface area contributed by atoms with Crippen LogP contribution in [0.15, 0.2) is 17.1 Å². The number of aryl methyl sites for hydroxylation is 1. The van der Waals surface area contributed by atoms with Gasteiger partial charge in [-0.05, 0) is 12.3 Å². The number of rotatable bonds is 2. The zero-order valence-electron chi connectivity index (χ0n) is 7.85. The van der Waals surface area contributed by atoms with Crippen molar-refractivity contribution in [3.63, 3.8) is 0 Å². The van der Waals surface area contributed by atoms with Gasteiger partial charge < -0.3 is 4.98 Å². The molecule has 1 aromatic rings. The molecule has 66 valence electrons. The summed E-state index contributed by atoms with van der Waals surface area (Å²) in [5, 5.41) is 0. The smallest absolute Gasteiger partial charge is 0.185 e. The average molecular weight is 165 g/mol. The minimum atomic E-state index is 0.153. The second kappa shape index (κ2) is 3.57. The maximum atomic E-state index is 11.4. The van der Waals surface area contributed by atoms with E-state index in [1.54, 1.807) is 12.3 Å². The van der Waals surface area contributed by atoms with Crippen molar-refractivity contribution in [1.82, 2.24) is 4.98 Å². The lowest BCUT2D eigenvalue weighted by atomic mass is 10.00. The van der Waals surface area contributed by atoms with Gasteiger partial charge >= 0.3 is 0 Å². The van der Waals surface area contributed by atoms with Crippen LogP contribution in [-0.2, 0) is 6.42 Å². The maximum Gasteiger partial charge on any atom is 0.185 e. The van der Waals surface area contributed by atoms with Crippen molar-refractivity contribution in [2.75, 3.05) is 0 Å². The molecule has 2 nitrogen and oxygen atoms in total. The Balaban J connectivity index is 3.30. The van der Waals surface area contributed by atoms with Gasteiger partial charge in [0.15, 0.2) is 5.43 Å². The molecule has 0 aliphatic carbocycles. The van der Waals surface area contributed by atoms with Gasteiger partial charge in [-0.25, -0.2) is 0 Å². The lowest BCUT2D eigenvalue weighted by Crippen LogP contribution is -2.13. The first-order valence-corrected chi connectivity index (χ1v) is 4.37. The zero-order valence-corrected chi connectivity index (χ0v) is 7.85. The van der Waals surface area contributed by atoms with Gasteiger partial charge in [0.1, 0.15) is 0 Å². The number of hydrogen-bond acceptors (Lipinski definition) is 1. The van der Waals surface area contributed by atoms with E-state index < -0.39 is 0 Å². The second-order valence-corrected chi connectivity index (χ2v) is 3.24. The Labute approximate surface area is 72.6 Å². The first-order chi connectivity index (χ1) is 5.66. The van der Waals surface area contributed by atoms with Crippen molar-refractivity contribution in [2.45, 2.75) is 33.1 Å². The molecule has 0 unspecified atom stereocenters. The Morgan fingerprint density at radius 1 is 1.50 bits per heavy atom. The van der Waals surface area contributed by atoms with Crippen molar-refractivity contribution < 1.29 is 0 Å². The van der Waals surface area contributed by atoms with E-state index in [1.165, 1.54) is 0 Å². The molecule has 0 aliphatic heterocycles. The highest BCUT2D eigenvalue weighted by molar-refractivity contribution is 5.23. The fourth-order valence-electron chi connectivity index (χ4n) is 1.46. The van der Waals surface area contributed by atoms with Crippen LogP contribution in [-0.4, -0.2) is 4.98 Å². The standard InChI is InChI=1S/C10H15NO/c1-4-8-10(7(2)3)9(12)5-6-11-8/h5-7H,4H2,1-3H3,(H,11,12). The van der Waals surface area contributed by atoms with Crippen LogP contribution in [0.25, 0.3) is 0 Å². The van der Waals surface area contributed by atoms with Gasteiger partial charge in [0, 0.05) is 23.5 Å². The average Bonchev–Trinajstić information content (AvgIpc) is 2.03. The van der Waals surface area contributed by atoms with E-state index in [2.05, 4.69) is 11.9 Å². The maximum absolute atomic E-state index is 11.4. The third-order valence-electron chi connectivity index (χ3n) is 2.01. The first-order valence-electron chi connectivity index (χ1n) is 4.37. The van der Waals surface area contributed by atoms with E-state index in [4.69, 9.17) is 0 Å². The van der Waals surface area contributed by atoms with Crippen molar-refractivity contribution >= 4 is 0 Å². The lowest BCUT2D eigenvalue weighted by molar-refractivity contribution is 0.814. The highest BCUT2D eigenvalue weighted by Gasteiger charge is 2.08. The van der Waals surface area contributed by atoms with Crippen LogP contribution in [0.5, 0.6) is 0 Å². The molecular formula is C10H15NO. The molecule has 12 heavy (non-hydrogen) atoms. The van der Waals surface area contributed by atoms with Gasteiger partial charge in [-0.2, -0.15) is 0 Å². The predicted octanol–water partition coefficient (Wildman–Crippen LogP) is 2.06. The van der Waals surface area contributed by atoms with Crippen LogP contribution in [0.1, 0.15) is 37.9 Å². The molecule has 0 saturated carbocycles. The molecule has 1 heterocycles. The van der Waals surface area contributed by atoms with E-state index in [9.17, 15) is 4.79 Å². The van der Waals surface area contributed by atoms with E-state index in [1.807, 2.05) is 13.8 Å². The third kappa shape index (κ3) is 1.58. The van der Waals surface area contributed by atoms with Gasteiger partial charge in [-0.15, -0.1) is 0 Å². The Morgan fingerprint density at radius 3 is 2.58 bits per heavy atom. The zero-order chi connectivity index (χ0) is 9.14. The Morgan fingerprint density at radius 2 is 2.17 bits per heavy atom. The molecular weight excluding hydrogens is 150 g/mol. The topological polar surface area (TPSA) is 32.9 Å². The number of aromatic amines is 1. The van der Waals surface area contributed by atoms with Gasteiger partial charge in [0.25, 0.3) is 0 Å². The van der Waals surface area contributed by atoms with Crippen molar-refractivity contribution in [2.24, 2.45) is 0 Å². The molecule has 0 amide bonds. The van der Waals surface area contributed by atoms with E-state index >= 15 is 0 Å². The minimum Gasteiger partial charge on any atom is -0.365 e. The van der Waals surface area contributed by atoms with E-state index in [0.717, 1.165) is 17.7 Å². The fraction of sp³-hybridized carbons (Fsp3) is 0.500. The number of pyridine rings is 1. The first kappa shape index (κ1) is 9.04. The van der Waals surface area contributed by atoms with Crippen LogP contribution in [0.2, 0.25) is 0 Å². The lowest BCUT2D eigenvalue weighted by Gasteiger charge is -2.08. The summed E-state index contributed by atoms with van der Waals surface area (Å²) < 4.78 is 0. The van der Waals surface area contributed by atoms with Crippen molar-refractivity contribution in [1.29, 1.82) is 0 Å². The quantitative estimate of drug-likeness (QED) is 0.714. The molecule has 0 aliphatic rings. The highest BCUT2D eigenvalue weighted by atomic mass is 16.1. The van der Waals surface area contributed by atoms with Gasteiger partial charge in [-0.1, -0.05) is 20.8 Å². The molecule has 0 fully saturated rings. The summed E-state index contributed by atoms with van der Waals surface area (Å²) >= 11 is 0. The second-order valence-electron chi connectivity index (χ2n) is 3.24. The number of nitrogens with one attached hydrogen (secondary N) is 1. The largest absolute Gasteiger partial charge is 0.365 e. The molecule has 0 aromatic carbocycles. The number of aromatic nitrogens is 1. The molecule has 2 heteroatoms. The Kier molecular flexibility index (Phi) is 2.69. The third-order valence-corrected chi connectivity index (χ3v) is 2.01. The highest BCUT2D eigenvalue weighted by Crippen LogP contribution is 2.12. The van der Waals surface area contributed by atoms with Crippen LogP contribution < -0.4 is 5.43 Å². The number of hydrogen-bond donors (Lipinski definition) is 1. The summed E-state index contributed by atoms with van der Waals surface area (Å²) in [4.78, 5) is 14.5. The van der Waals surface area contributed by atoms with Crippen LogP contribution in [0, 0.1) is 0 Å². The molecule has 0 spiro atoms. The summed E-state index contributed by atoms with van der Waals surface area (Å²) in [6, 6.07) is 1.59. The molecule has 1 aromatic heterocycles. The normalized spacial score (nSPS) is 10.7. The van der Waals surface area contributed by atoms with E-state index in [-0.39, 0.29) is 5.43 Å². The van der Waals surface area contributed by atoms with Crippen LogP contribution in [0.3, 0.4) is 0 Å². The predicted molar refractivity (Wildman–Crippen MR) is 50.5 cm³/mol. The summed E-state index contributed by atoms with van der Waals surface area (Å²) in [7, 11) is 0. The molecule has 0 saturated heterocycles. The summed E-state index contributed by atoms with van der Waals surface area (Å²) in [6.07, 6.45) is 2.61. The molecule has 0 bridgehead atoms. The van der Waals surface area contributed by atoms with Crippen LogP contribution in [0.4, 0.5) is 0 Å². The minimum absolute atomic E-state index is 0.153. The Bertz CT molecular complexity index is 312. The molecule has 0 atom stereocenters. The van der Waals surface area contributed by atoms with Gasteiger partial charge in [-0.3, -0.25) is 4.79 Å². The van der Waals surface area contributed by atoms with Crippen molar-refractivity contribution in [3.8, 4) is 0 Å². The molecule has 1 rings (SSSR count). The van der Waals surface area contributed by atoms with Crippen molar-refractivity contribution in [3.05, 3.63) is 33.7 Å². The fourth-order valence-corrected chi connectivity index (χ4v) is 1.46. The summed E-state index contributed by atoms with van der Waals surface area (Å²) in [6.45, 7) is 6.14.